The smallest absolute Gasteiger partial charge is 0.407 e. The molecule has 0 spiro atoms. The molecule has 0 aliphatic rings. The predicted molar refractivity (Wildman–Crippen MR) is 117 cm³/mol. The predicted octanol–water partition coefficient (Wildman–Crippen LogP) is 3.08. The second-order valence-corrected chi connectivity index (χ2v) is 8.16. The third-order valence-corrected chi connectivity index (χ3v) is 4.30. The standard InChI is InChI=1S/C23H24N4O5/c1-23(2,3)32-22(31)25-12-16-10-18(13-24-11-16)19-7-8-20(28)27(26-19)14-15-5-4-6-17(9-15)21(29)30/h4-11,13H,12,14H2,1-3H3,(H,25,31)(H,29,30). The number of aromatic nitrogens is 3. The van der Waals surface area contributed by atoms with Crippen LogP contribution in [0.5, 0.6) is 0 Å². The van der Waals surface area contributed by atoms with E-state index in [1.807, 2.05) is 6.07 Å². The van der Waals surface area contributed by atoms with E-state index < -0.39 is 17.7 Å². The summed E-state index contributed by atoms with van der Waals surface area (Å²) in [5.74, 6) is -1.04. The summed E-state index contributed by atoms with van der Waals surface area (Å²) >= 11 is 0. The SMILES string of the molecule is CC(C)(C)OC(=O)NCc1cncc(-c2ccc(=O)n(Cc3cccc(C(=O)O)c3)n2)c1. The van der Waals surface area contributed by atoms with E-state index in [0.29, 0.717) is 16.8 Å². The summed E-state index contributed by atoms with van der Waals surface area (Å²) in [5, 5.41) is 16.2. The number of carboxylic acid groups (broad SMARTS) is 1. The van der Waals surface area contributed by atoms with Crippen LogP contribution in [0, 0.1) is 0 Å². The maximum Gasteiger partial charge on any atom is 0.407 e. The molecular formula is C23H24N4O5. The van der Waals surface area contributed by atoms with Gasteiger partial charge in [-0.15, -0.1) is 0 Å². The van der Waals surface area contributed by atoms with Gasteiger partial charge < -0.3 is 15.2 Å². The molecule has 0 aliphatic heterocycles. The van der Waals surface area contributed by atoms with Crippen LogP contribution in [0.2, 0.25) is 0 Å². The van der Waals surface area contributed by atoms with Crippen LogP contribution in [0.3, 0.4) is 0 Å². The Labute approximate surface area is 184 Å². The summed E-state index contributed by atoms with van der Waals surface area (Å²) in [6, 6.07) is 11.2. The monoisotopic (exact) mass is 436 g/mol. The number of nitrogens with one attached hydrogen (secondary N) is 1. The third-order valence-electron chi connectivity index (χ3n) is 4.30. The Hall–Kier alpha value is -4.01. The van der Waals surface area contributed by atoms with Crippen molar-refractivity contribution in [2.45, 2.75) is 39.5 Å². The minimum absolute atomic E-state index is 0.126. The molecule has 0 bridgehead atoms. The molecule has 0 saturated heterocycles. The molecule has 1 amide bonds. The molecule has 2 heterocycles. The lowest BCUT2D eigenvalue weighted by Gasteiger charge is -2.19. The average Bonchev–Trinajstić information content (AvgIpc) is 2.73. The first-order chi connectivity index (χ1) is 15.1. The lowest BCUT2D eigenvalue weighted by molar-refractivity contribution is 0.0523. The minimum atomic E-state index is -1.04. The van der Waals surface area contributed by atoms with E-state index in [9.17, 15) is 14.4 Å². The van der Waals surface area contributed by atoms with Gasteiger partial charge in [-0.3, -0.25) is 9.78 Å². The lowest BCUT2D eigenvalue weighted by atomic mass is 10.1. The summed E-state index contributed by atoms with van der Waals surface area (Å²) in [6.45, 7) is 5.70. The largest absolute Gasteiger partial charge is 0.478 e. The second kappa shape index (κ2) is 9.42. The Morgan fingerprint density at radius 1 is 1.09 bits per heavy atom. The van der Waals surface area contributed by atoms with Crippen molar-refractivity contribution in [3.63, 3.8) is 0 Å². The van der Waals surface area contributed by atoms with Crippen molar-refractivity contribution in [3.8, 4) is 11.3 Å². The zero-order valence-electron chi connectivity index (χ0n) is 18.0. The van der Waals surface area contributed by atoms with Crippen molar-refractivity contribution in [2.75, 3.05) is 0 Å². The zero-order chi connectivity index (χ0) is 23.3. The van der Waals surface area contributed by atoms with Gasteiger partial charge in [-0.05, 0) is 56.2 Å². The average molecular weight is 436 g/mol. The number of nitrogens with zero attached hydrogens (tertiary/aromatic N) is 3. The summed E-state index contributed by atoms with van der Waals surface area (Å²) in [5.41, 5.74) is 1.80. The number of pyridine rings is 1. The summed E-state index contributed by atoms with van der Waals surface area (Å²) in [7, 11) is 0. The van der Waals surface area contributed by atoms with E-state index in [-0.39, 0.29) is 24.2 Å². The maximum absolute atomic E-state index is 12.3. The molecule has 0 atom stereocenters. The highest BCUT2D eigenvalue weighted by molar-refractivity contribution is 5.87. The highest BCUT2D eigenvalue weighted by atomic mass is 16.6. The molecule has 3 aromatic rings. The van der Waals surface area contributed by atoms with Crippen LogP contribution in [-0.4, -0.2) is 37.5 Å². The molecule has 1 aromatic carbocycles. The fourth-order valence-electron chi connectivity index (χ4n) is 2.90. The van der Waals surface area contributed by atoms with E-state index in [1.165, 1.54) is 22.9 Å². The number of hydrogen-bond acceptors (Lipinski definition) is 6. The second-order valence-electron chi connectivity index (χ2n) is 8.16. The molecule has 32 heavy (non-hydrogen) atoms. The Morgan fingerprint density at radius 2 is 1.88 bits per heavy atom. The molecule has 9 nitrogen and oxygen atoms in total. The lowest BCUT2D eigenvalue weighted by Crippen LogP contribution is -2.32. The number of carboxylic acids is 1. The maximum atomic E-state index is 12.3. The number of aromatic carboxylic acids is 1. The van der Waals surface area contributed by atoms with E-state index in [2.05, 4.69) is 15.4 Å². The summed E-state index contributed by atoms with van der Waals surface area (Å²) in [6.07, 6.45) is 2.70. The van der Waals surface area contributed by atoms with Gasteiger partial charge in [0.25, 0.3) is 5.56 Å². The van der Waals surface area contributed by atoms with Crippen molar-refractivity contribution < 1.29 is 19.4 Å². The van der Waals surface area contributed by atoms with Crippen molar-refractivity contribution in [1.29, 1.82) is 0 Å². The highest BCUT2D eigenvalue weighted by Crippen LogP contribution is 2.16. The molecule has 9 heteroatoms. The Bertz CT molecular complexity index is 1200. The quantitative estimate of drug-likeness (QED) is 0.609. The van der Waals surface area contributed by atoms with E-state index in [1.54, 1.807) is 51.4 Å². The Kier molecular flexibility index (Phi) is 6.67. The first-order valence-electron chi connectivity index (χ1n) is 9.92. The molecular weight excluding hydrogens is 412 g/mol. The van der Waals surface area contributed by atoms with Crippen LogP contribution in [0.15, 0.2) is 59.7 Å². The van der Waals surface area contributed by atoms with Gasteiger partial charge in [-0.1, -0.05) is 12.1 Å². The Morgan fingerprint density at radius 3 is 2.59 bits per heavy atom. The number of benzene rings is 1. The number of carbonyl (C=O) groups excluding carboxylic acids is 1. The van der Waals surface area contributed by atoms with Gasteiger partial charge in [0, 0.05) is 30.6 Å². The van der Waals surface area contributed by atoms with E-state index in [4.69, 9.17) is 9.84 Å². The number of carbonyl (C=O) groups is 2. The molecule has 2 N–H and O–H groups in total. The van der Waals surface area contributed by atoms with Crippen LogP contribution in [0.25, 0.3) is 11.3 Å². The molecule has 0 radical (unpaired) electrons. The molecule has 0 fully saturated rings. The molecule has 0 unspecified atom stereocenters. The molecule has 166 valence electrons. The topological polar surface area (TPSA) is 123 Å². The van der Waals surface area contributed by atoms with Crippen LogP contribution in [0.1, 0.15) is 42.3 Å². The number of amides is 1. The molecule has 2 aromatic heterocycles. The van der Waals surface area contributed by atoms with Crippen molar-refractivity contribution in [2.24, 2.45) is 0 Å². The van der Waals surface area contributed by atoms with Gasteiger partial charge in [0.2, 0.25) is 0 Å². The number of hydrogen-bond donors (Lipinski definition) is 2. The van der Waals surface area contributed by atoms with Gasteiger partial charge in [-0.25, -0.2) is 14.3 Å². The molecule has 3 rings (SSSR count). The van der Waals surface area contributed by atoms with Crippen molar-refractivity contribution in [1.82, 2.24) is 20.1 Å². The molecule has 0 aliphatic carbocycles. The van der Waals surface area contributed by atoms with Crippen molar-refractivity contribution in [3.05, 3.63) is 81.9 Å². The van der Waals surface area contributed by atoms with Gasteiger partial charge in [0.1, 0.15) is 5.60 Å². The number of ether oxygens (including phenoxy) is 1. The first-order valence-corrected chi connectivity index (χ1v) is 9.92. The van der Waals surface area contributed by atoms with Gasteiger partial charge >= 0.3 is 12.1 Å². The fraction of sp³-hybridized carbons (Fsp3) is 0.261. The van der Waals surface area contributed by atoms with E-state index >= 15 is 0 Å². The summed E-state index contributed by atoms with van der Waals surface area (Å²) in [4.78, 5) is 39.5. The van der Waals surface area contributed by atoms with Gasteiger partial charge in [0.05, 0.1) is 17.8 Å². The van der Waals surface area contributed by atoms with Crippen LogP contribution < -0.4 is 10.9 Å². The number of rotatable bonds is 6. The minimum Gasteiger partial charge on any atom is -0.478 e. The fourth-order valence-corrected chi connectivity index (χ4v) is 2.90. The number of alkyl carbamates (subject to hydrolysis) is 1. The Balaban J connectivity index is 1.78. The van der Waals surface area contributed by atoms with E-state index in [0.717, 1.165) is 5.56 Å². The molecule has 0 saturated carbocycles. The third kappa shape index (κ3) is 6.24. The van der Waals surface area contributed by atoms with Crippen LogP contribution in [-0.2, 0) is 17.8 Å². The summed E-state index contributed by atoms with van der Waals surface area (Å²) < 4.78 is 6.49. The van der Waals surface area contributed by atoms with Gasteiger partial charge in [-0.2, -0.15) is 5.10 Å². The first kappa shape index (κ1) is 22.7. The van der Waals surface area contributed by atoms with Gasteiger partial charge in [0.15, 0.2) is 0 Å². The zero-order valence-corrected chi connectivity index (χ0v) is 18.0. The van der Waals surface area contributed by atoms with Crippen molar-refractivity contribution >= 4 is 12.1 Å². The van der Waals surface area contributed by atoms with Crippen LogP contribution >= 0.6 is 0 Å². The van der Waals surface area contributed by atoms with Crippen LogP contribution in [0.4, 0.5) is 4.79 Å². The normalized spacial score (nSPS) is 11.1. The highest BCUT2D eigenvalue weighted by Gasteiger charge is 2.16.